The second-order valence-corrected chi connectivity index (χ2v) is 10.6. The third kappa shape index (κ3) is 5.82. The first kappa shape index (κ1) is 30.6. The number of aryl methyl sites for hydroxylation is 2. The Morgan fingerprint density at radius 1 is 0.810 bits per heavy atom. The van der Waals surface area contributed by atoms with E-state index in [2.05, 4.69) is 10.1 Å². The first-order valence-electron chi connectivity index (χ1n) is 13.3. The Hall–Kier alpha value is -4.39. The number of fused-ring (bicyclic) bond motifs is 3. The van der Waals surface area contributed by atoms with Crippen LogP contribution in [-0.4, -0.2) is 90.9 Å². The van der Waals surface area contributed by atoms with Crippen LogP contribution in [-0.2, 0) is 9.59 Å². The van der Waals surface area contributed by atoms with Gasteiger partial charge in [0, 0.05) is 23.7 Å². The van der Waals surface area contributed by atoms with Crippen LogP contribution in [0.25, 0.3) is 0 Å². The predicted molar refractivity (Wildman–Crippen MR) is 146 cm³/mol. The number of hydrogen-bond acceptors (Lipinski definition) is 10. The summed E-state index contributed by atoms with van der Waals surface area (Å²) in [4.78, 5) is 51.6. The van der Waals surface area contributed by atoms with Gasteiger partial charge in [0.15, 0.2) is 0 Å². The van der Waals surface area contributed by atoms with Crippen LogP contribution < -0.4 is 4.74 Å². The van der Waals surface area contributed by atoms with E-state index in [-0.39, 0.29) is 11.1 Å². The average Bonchev–Trinajstić information content (AvgIpc) is 3.50. The molecule has 2 bridgehead atoms. The molecule has 1 aromatic heterocycles. The summed E-state index contributed by atoms with van der Waals surface area (Å²) in [6, 6.07) is 12.1. The Morgan fingerprint density at radius 3 is 1.60 bits per heavy atom. The summed E-state index contributed by atoms with van der Waals surface area (Å²) in [6.07, 6.45) is 4.41. The third-order valence-electron chi connectivity index (χ3n) is 7.71. The molecule has 222 valence electrons. The van der Waals surface area contributed by atoms with Gasteiger partial charge in [0.05, 0.1) is 0 Å². The maximum Gasteiger partial charge on any atom is 0.348 e. The smallest absolute Gasteiger partial charge is 0.348 e. The SMILES string of the molecule is Cc1ccc(C(=O)C(O)(C(=O)O)C(O)(C(=O)O)C(=O)c2ccc(C)cc2)cc1.c1cc(O[C@@H]2CN3CCC2CC3)no1. The van der Waals surface area contributed by atoms with Crippen LogP contribution in [0.2, 0.25) is 0 Å². The normalized spacial score (nSPS) is 22.0. The second-order valence-electron chi connectivity index (χ2n) is 10.6. The number of Topliss-reactive ketones (excluding diaryl/α,β-unsaturated/α-hetero) is 2. The number of ether oxygens (including phenoxy) is 1. The van der Waals surface area contributed by atoms with E-state index in [0.717, 1.165) is 36.7 Å². The maximum atomic E-state index is 12.8. The number of ketones is 2. The van der Waals surface area contributed by atoms with Gasteiger partial charge in [-0.15, -0.1) is 0 Å². The van der Waals surface area contributed by atoms with Crippen molar-refractivity contribution in [3.63, 3.8) is 0 Å². The first-order valence-corrected chi connectivity index (χ1v) is 13.3. The number of rotatable bonds is 9. The fraction of sp³-hybridized carbons (Fsp3) is 0.367. The molecule has 6 rings (SSSR count). The van der Waals surface area contributed by atoms with Crippen LogP contribution in [0.3, 0.4) is 0 Å². The number of aliphatic carboxylic acids is 2. The highest BCUT2D eigenvalue weighted by Crippen LogP contribution is 2.32. The van der Waals surface area contributed by atoms with Crippen molar-refractivity contribution in [2.45, 2.75) is 44.0 Å². The highest BCUT2D eigenvalue weighted by Gasteiger charge is 2.69. The van der Waals surface area contributed by atoms with E-state index in [1.54, 1.807) is 26.2 Å². The molecule has 3 aliphatic heterocycles. The number of nitrogens with zero attached hydrogens (tertiary/aromatic N) is 2. The molecule has 0 spiro atoms. The molecule has 0 aliphatic carbocycles. The van der Waals surface area contributed by atoms with Gasteiger partial charge in [-0.3, -0.25) is 14.5 Å². The van der Waals surface area contributed by atoms with Gasteiger partial charge in [-0.2, -0.15) is 0 Å². The van der Waals surface area contributed by atoms with Gasteiger partial charge in [-0.05, 0) is 50.9 Å². The average molecular weight is 581 g/mol. The molecule has 3 aromatic rings. The van der Waals surface area contributed by atoms with E-state index in [9.17, 15) is 39.6 Å². The minimum absolute atomic E-state index is 0.322. The topological polar surface area (TPSA) is 188 Å². The predicted octanol–water partition coefficient (Wildman–Crippen LogP) is 2.15. The summed E-state index contributed by atoms with van der Waals surface area (Å²) < 4.78 is 10.5. The van der Waals surface area contributed by atoms with E-state index in [4.69, 9.17) is 9.26 Å². The Morgan fingerprint density at radius 2 is 1.26 bits per heavy atom. The fourth-order valence-corrected chi connectivity index (χ4v) is 5.12. The number of aliphatic hydroxyl groups is 2. The largest absolute Gasteiger partial charge is 0.479 e. The molecule has 4 N–H and O–H groups in total. The first-order chi connectivity index (χ1) is 19.9. The van der Waals surface area contributed by atoms with Crippen molar-refractivity contribution in [3.8, 4) is 5.88 Å². The minimum atomic E-state index is -3.96. The van der Waals surface area contributed by atoms with Crippen LogP contribution in [0.5, 0.6) is 5.88 Å². The number of aromatic nitrogens is 1. The number of hydrogen-bond donors (Lipinski definition) is 4. The molecular formula is C30H32N2O10. The lowest BCUT2D eigenvalue weighted by molar-refractivity contribution is -0.187. The highest BCUT2D eigenvalue weighted by molar-refractivity contribution is 6.28. The number of carbonyl (C=O) groups excluding carboxylic acids is 2. The Balaban J connectivity index is 0.000000238. The summed E-state index contributed by atoms with van der Waals surface area (Å²) >= 11 is 0. The van der Waals surface area contributed by atoms with Gasteiger partial charge in [0.1, 0.15) is 12.4 Å². The molecule has 2 aromatic carbocycles. The lowest BCUT2D eigenvalue weighted by Crippen LogP contribution is -2.71. The molecule has 12 heteroatoms. The van der Waals surface area contributed by atoms with Crippen LogP contribution in [0.1, 0.15) is 44.7 Å². The fourth-order valence-electron chi connectivity index (χ4n) is 5.12. The van der Waals surface area contributed by atoms with Gasteiger partial charge in [0.2, 0.25) is 11.6 Å². The summed E-state index contributed by atoms with van der Waals surface area (Å²) in [5.74, 6) is -6.66. The number of piperidine rings is 3. The van der Waals surface area contributed by atoms with E-state index >= 15 is 0 Å². The summed E-state index contributed by atoms with van der Waals surface area (Å²) in [6.45, 7) is 6.91. The zero-order valence-electron chi connectivity index (χ0n) is 23.1. The van der Waals surface area contributed by atoms with Crippen molar-refractivity contribution in [1.29, 1.82) is 0 Å². The molecule has 3 saturated heterocycles. The van der Waals surface area contributed by atoms with Gasteiger partial charge >= 0.3 is 11.9 Å². The maximum absolute atomic E-state index is 12.8. The molecule has 3 aliphatic rings. The van der Waals surface area contributed by atoms with Crippen molar-refractivity contribution in [2.24, 2.45) is 5.92 Å². The molecule has 3 atom stereocenters. The van der Waals surface area contributed by atoms with Gasteiger partial charge < -0.3 is 29.7 Å². The summed E-state index contributed by atoms with van der Waals surface area (Å²) in [7, 11) is 0. The van der Waals surface area contributed by atoms with E-state index in [1.165, 1.54) is 50.2 Å². The summed E-state index contributed by atoms with van der Waals surface area (Å²) in [5.41, 5.74) is -7.27. The standard InChI is InChI=1S/C20H18O8.C10H14N2O2/c1-11-3-7-13(8-4-11)15(21)19(27,17(23)24)20(28,18(25)26)16(22)14-9-5-12(2)6-10-14;1-4-12-5-2-8(1)9(7-12)14-10-3-6-13-11-10/h3-10,27-28H,1-2H3,(H,23,24)(H,25,26);3,6,8-9H,1-2,4-5,7H2/t;9-/m.1/s1. The van der Waals surface area contributed by atoms with Crippen molar-refractivity contribution in [1.82, 2.24) is 10.1 Å². The Bertz CT molecular complexity index is 1350. The molecular weight excluding hydrogens is 548 g/mol. The molecule has 12 nitrogen and oxygen atoms in total. The molecule has 0 radical (unpaired) electrons. The van der Waals surface area contributed by atoms with E-state index < -0.39 is 34.7 Å². The molecule has 4 heterocycles. The lowest BCUT2D eigenvalue weighted by Gasteiger charge is -2.43. The summed E-state index contributed by atoms with van der Waals surface area (Å²) in [5, 5.41) is 44.1. The molecule has 2 unspecified atom stereocenters. The van der Waals surface area contributed by atoms with Gasteiger partial charge in [-0.1, -0.05) is 59.7 Å². The van der Waals surface area contributed by atoms with Crippen molar-refractivity contribution >= 4 is 23.5 Å². The zero-order valence-corrected chi connectivity index (χ0v) is 23.1. The second kappa shape index (κ2) is 12.2. The minimum Gasteiger partial charge on any atom is -0.479 e. The van der Waals surface area contributed by atoms with Crippen LogP contribution in [0.15, 0.2) is 65.4 Å². The zero-order chi connectivity index (χ0) is 30.7. The molecule has 0 amide bonds. The van der Waals surface area contributed by atoms with Gasteiger partial charge in [-0.25, -0.2) is 9.59 Å². The number of carboxylic acids is 2. The van der Waals surface area contributed by atoms with E-state index in [1.807, 2.05) is 0 Å². The van der Waals surface area contributed by atoms with Crippen molar-refractivity contribution in [2.75, 3.05) is 19.6 Å². The van der Waals surface area contributed by atoms with Crippen LogP contribution in [0.4, 0.5) is 0 Å². The highest BCUT2D eigenvalue weighted by atomic mass is 16.5. The molecule has 3 fully saturated rings. The number of benzene rings is 2. The van der Waals surface area contributed by atoms with Crippen LogP contribution >= 0.6 is 0 Å². The molecule has 42 heavy (non-hydrogen) atoms. The van der Waals surface area contributed by atoms with Crippen molar-refractivity contribution < 1.29 is 48.9 Å². The molecule has 0 saturated carbocycles. The van der Waals surface area contributed by atoms with Crippen molar-refractivity contribution in [3.05, 3.63) is 83.1 Å². The Labute approximate surface area is 241 Å². The van der Waals surface area contributed by atoms with Crippen LogP contribution in [0, 0.1) is 19.8 Å². The monoisotopic (exact) mass is 580 g/mol. The quantitative estimate of drug-likeness (QED) is 0.214. The number of carbonyl (C=O) groups is 4. The van der Waals surface area contributed by atoms with E-state index in [0.29, 0.717) is 23.1 Å². The van der Waals surface area contributed by atoms with Gasteiger partial charge in [0.25, 0.3) is 17.1 Å². The third-order valence-corrected chi connectivity index (χ3v) is 7.71. The Kier molecular flexibility index (Phi) is 8.90. The number of carboxylic acid groups (broad SMARTS) is 2. The lowest BCUT2D eigenvalue weighted by atomic mass is 9.73.